The van der Waals surface area contributed by atoms with Crippen LogP contribution >= 0.6 is 11.3 Å². The maximum absolute atomic E-state index is 12.9. The Kier molecular flexibility index (Phi) is 4.71. The van der Waals surface area contributed by atoms with Gasteiger partial charge in [0, 0.05) is 12.4 Å². The summed E-state index contributed by atoms with van der Waals surface area (Å²) in [4.78, 5) is 21.0. The van der Waals surface area contributed by atoms with Crippen LogP contribution in [0.15, 0.2) is 54.0 Å². The monoisotopic (exact) mass is 341 g/mol. The van der Waals surface area contributed by atoms with Gasteiger partial charge < -0.3 is 5.32 Å². The van der Waals surface area contributed by atoms with Crippen molar-refractivity contribution in [3.05, 3.63) is 65.1 Å². The van der Waals surface area contributed by atoms with Gasteiger partial charge in [0.25, 0.3) is 0 Å². The van der Waals surface area contributed by atoms with Gasteiger partial charge in [-0.3, -0.25) is 9.78 Å². The Morgan fingerprint density at radius 3 is 2.88 bits per heavy atom. The summed E-state index contributed by atoms with van der Waals surface area (Å²) in [5.74, 6) is -0.114. The summed E-state index contributed by atoms with van der Waals surface area (Å²) in [7, 11) is 0. The highest BCUT2D eigenvalue weighted by Crippen LogP contribution is 2.22. The Morgan fingerprint density at radius 2 is 2.25 bits per heavy atom. The van der Waals surface area contributed by atoms with E-state index in [0.29, 0.717) is 6.42 Å². The first-order valence-corrected chi connectivity index (χ1v) is 8.58. The maximum Gasteiger partial charge on any atom is 0.247 e. The second-order valence-electron chi connectivity index (χ2n) is 6.05. The summed E-state index contributed by atoms with van der Waals surface area (Å²) in [6.45, 7) is 3.64. The zero-order valence-corrected chi connectivity index (χ0v) is 14.4. The van der Waals surface area contributed by atoms with Crippen LogP contribution in [-0.4, -0.2) is 25.7 Å². The molecule has 3 aromatic heterocycles. The minimum absolute atomic E-state index is 0.114. The van der Waals surface area contributed by atoms with Crippen LogP contribution in [0.4, 0.5) is 0 Å². The largest absolute Gasteiger partial charge is 0.347 e. The van der Waals surface area contributed by atoms with Crippen LogP contribution in [0.2, 0.25) is 0 Å². The third-order valence-electron chi connectivity index (χ3n) is 3.96. The van der Waals surface area contributed by atoms with Crippen molar-refractivity contribution in [1.29, 1.82) is 0 Å². The number of aromatic nitrogens is 4. The minimum atomic E-state index is -0.828. The smallest absolute Gasteiger partial charge is 0.247 e. The number of carbonyl (C=O) groups is 1. The lowest BCUT2D eigenvalue weighted by Crippen LogP contribution is -2.46. The van der Waals surface area contributed by atoms with Crippen LogP contribution in [0.3, 0.4) is 0 Å². The molecule has 3 rings (SSSR count). The highest BCUT2D eigenvalue weighted by molar-refractivity contribution is 7.07. The van der Waals surface area contributed by atoms with Gasteiger partial charge in [-0.25, -0.2) is 9.67 Å². The van der Waals surface area contributed by atoms with Crippen molar-refractivity contribution in [3.63, 3.8) is 0 Å². The average Bonchev–Trinajstić information content (AvgIpc) is 3.29. The highest BCUT2D eigenvalue weighted by Gasteiger charge is 2.32. The molecule has 24 heavy (non-hydrogen) atoms. The summed E-state index contributed by atoms with van der Waals surface area (Å²) in [6.07, 6.45) is 7.22. The SMILES string of the molecule is CC(C)(C(=O)N[C@H](Cc1ccsc1)c1cccnc1)n1cncn1. The molecule has 0 saturated heterocycles. The molecule has 0 aliphatic carbocycles. The van der Waals surface area contributed by atoms with Crippen molar-refractivity contribution >= 4 is 17.2 Å². The fourth-order valence-electron chi connectivity index (χ4n) is 2.41. The van der Waals surface area contributed by atoms with Crippen molar-refractivity contribution < 1.29 is 4.79 Å². The molecule has 0 aliphatic heterocycles. The van der Waals surface area contributed by atoms with Gasteiger partial charge in [0.05, 0.1) is 6.04 Å². The number of nitrogens with zero attached hydrogens (tertiary/aromatic N) is 4. The molecule has 3 aromatic rings. The van der Waals surface area contributed by atoms with E-state index in [9.17, 15) is 4.79 Å². The zero-order chi connectivity index (χ0) is 17.0. The van der Waals surface area contributed by atoms with Gasteiger partial charge in [0.2, 0.25) is 5.91 Å². The molecule has 0 aliphatic rings. The normalized spacial score (nSPS) is 12.8. The average molecular weight is 341 g/mol. The number of hydrogen-bond donors (Lipinski definition) is 1. The van der Waals surface area contributed by atoms with Crippen molar-refractivity contribution in [2.24, 2.45) is 0 Å². The molecular weight excluding hydrogens is 322 g/mol. The van der Waals surface area contributed by atoms with E-state index in [4.69, 9.17) is 0 Å². The van der Waals surface area contributed by atoms with Gasteiger partial charge in [-0.15, -0.1) is 0 Å². The first-order valence-electron chi connectivity index (χ1n) is 7.64. The molecule has 0 saturated carbocycles. The predicted molar refractivity (Wildman–Crippen MR) is 92.5 cm³/mol. The number of pyridine rings is 1. The number of carbonyl (C=O) groups excluding carboxylic acids is 1. The molecule has 1 N–H and O–H groups in total. The van der Waals surface area contributed by atoms with Gasteiger partial charge in [-0.2, -0.15) is 16.4 Å². The van der Waals surface area contributed by atoms with Gasteiger partial charge >= 0.3 is 0 Å². The van der Waals surface area contributed by atoms with E-state index < -0.39 is 5.54 Å². The Balaban J connectivity index is 1.82. The van der Waals surface area contributed by atoms with E-state index in [1.807, 2.05) is 31.4 Å². The summed E-state index contributed by atoms with van der Waals surface area (Å²) < 4.78 is 1.56. The molecule has 0 bridgehead atoms. The molecule has 1 atom stereocenters. The lowest BCUT2D eigenvalue weighted by Gasteiger charge is -2.27. The Bertz CT molecular complexity index is 769. The van der Waals surface area contributed by atoms with Crippen LogP contribution in [0.1, 0.15) is 31.0 Å². The second-order valence-corrected chi connectivity index (χ2v) is 6.83. The van der Waals surface area contributed by atoms with Crippen LogP contribution in [0.25, 0.3) is 0 Å². The highest BCUT2D eigenvalue weighted by atomic mass is 32.1. The van der Waals surface area contributed by atoms with Gasteiger partial charge in [0.15, 0.2) is 0 Å². The molecule has 1 amide bonds. The van der Waals surface area contributed by atoms with Crippen LogP contribution < -0.4 is 5.32 Å². The number of hydrogen-bond acceptors (Lipinski definition) is 5. The molecule has 7 heteroatoms. The van der Waals surface area contributed by atoms with Crippen molar-refractivity contribution in [2.75, 3.05) is 0 Å². The Morgan fingerprint density at radius 1 is 1.38 bits per heavy atom. The molecule has 3 heterocycles. The molecule has 0 fully saturated rings. The van der Waals surface area contributed by atoms with Crippen LogP contribution in [-0.2, 0) is 16.8 Å². The topological polar surface area (TPSA) is 72.7 Å². The van der Waals surface area contributed by atoms with Crippen LogP contribution in [0, 0.1) is 0 Å². The summed E-state index contributed by atoms with van der Waals surface area (Å²) >= 11 is 1.65. The number of thiophene rings is 1. The Labute approximate surface area is 144 Å². The van der Waals surface area contributed by atoms with E-state index in [1.54, 1.807) is 34.7 Å². The first-order chi connectivity index (χ1) is 11.6. The molecule has 6 nitrogen and oxygen atoms in total. The fraction of sp³-hybridized carbons (Fsp3) is 0.294. The van der Waals surface area contributed by atoms with Gasteiger partial charge in [0.1, 0.15) is 18.2 Å². The van der Waals surface area contributed by atoms with Crippen molar-refractivity contribution in [2.45, 2.75) is 31.8 Å². The molecule has 0 aromatic carbocycles. The van der Waals surface area contributed by atoms with E-state index in [0.717, 1.165) is 5.56 Å². The third kappa shape index (κ3) is 3.51. The summed E-state index contributed by atoms with van der Waals surface area (Å²) in [5, 5.41) is 11.4. The number of nitrogens with one attached hydrogen (secondary N) is 1. The van der Waals surface area contributed by atoms with Crippen molar-refractivity contribution in [3.8, 4) is 0 Å². The van der Waals surface area contributed by atoms with E-state index in [1.165, 1.54) is 11.9 Å². The molecule has 0 unspecified atom stereocenters. The van der Waals surface area contributed by atoms with Crippen LogP contribution in [0.5, 0.6) is 0 Å². The van der Waals surface area contributed by atoms with Gasteiger partial charge in [-0.1, -0.05) is 6.07 Å². The number of amides is 1. The van der Waals surface area contributed by atoms with E-state index in [-0.39, 0.29) is 11.9 Å². The van der Waals surface area contributed by atoms with Crippen molar-refractivity contribution in [1.82, 2.24) is 25.1 Å². The van der Waals surface area contributed by atoms with E-state index >= 15 is 0 Å². The predicted octanol–water partition coefficient (Wildman–Crippen LogP) is 2.57. The summed E-state index contributed by atoms with van der Waals surface area (Å²) in [6, 6.07) is 5.78. The molecule has 124 valence electrons. The maximum atomic E-state index is 12.9. The minimum Gasteiger partial charge on any atom is -0.347 e. The lowest BCUT2D eigenvalue weighted by atomic mass is 9.99. The zero-order valence-electron chi connectivity index (χ0n) is 13.6. The molecular formula is C17H19N5OS. The first kappa shape index (κ1) is 16.3. The molecule has 0 spiro atoms. The fourth-order valence-corrected chi connectivity index (χ4v) is 3.10. The van der Waals surface area contributed by atoms with E-state index in [2.05, 4.69) is 31.8 Å². The Hall–Kier alpha value is -2.54. The quantitative estimate of drug-likeness (QED) is 0.748. The molecule has 0 radical (unpaired) electrons. The second kappa shape index (κ2) is 6.92. The lowest BCUT2D eigenvalue weighted by molar-refractivity contribution is -0.129. The third-order valence-corrected chi connectivity index (χ3v) is 4.69. The number of rotatable bonds is 6. The standard InChI is InChI=1S/C17H19N5OS/c1-17(2,22-12-19-11-20-22)16(23)21-15(8-13-5-7-24-10-13)14-4-3-6-18-9-14/h3-7,9-12,15H,8H2,1-2H3,(H,21,23)/t15-/m1/s1. The summed E-state index contributed by atoms with van der Waals surface area (Å²) in [5.41, 5.74) is 1.34. The van der Waals surface area contributed by atoms with Gasteiger partial charge in [-0.05, 0) is 54.3 Å².